The van der Waals surface area contributed by atoms with E-state index in [1.54, 1.807) is 30.3 Å². The Balaban J connectivity index is 1.69. The minimum absolute atomic E-state index is 0.00473. The van der Waals surface area contributed by atoms with Crippen LogP contribution >= 0.6 is 0 Å². The van der Waals surface area contributed by atoms with Crippen LogP contribution in [-0.4, -0.2) is 137 Å². The second-order valence-corrected chi connectivity index (χ2v) is 9.41. The molecule has 13 heteroatoms. The molecule has 0 bridgehead atoms. The van der Waals surface area contributed by atoms with Gasteiger partial charge in [-0.15, -0.1) is 0 Å². The first-order chi connectivity index (χ1) is 22.1. The van der Waals surface area contributed by atoms with Gasteiger partial charge in [0.25, 0.3) is 5.78 Å². The summed E-state index contributed by atoms with van der Waals surface area (Å²) >= 11 is 0. The van der Waals surface area contributed by atoms with Crippen LogP contribution in [0.3, 0.4) is 0 Å². The fraction of sp³-hybridized carbons (Fsp3) is 0.719. The molecule has 0 saturated carbocycles. The predicted molar refractivity (Wildman–Crippen MR) is 163 cm³/mol. The molecule has 1 rings (SSSR count). The van der Waals surface area contributed by atoms with E-state index < -0.39 is 11.8 Å². The summed E-state index contributed by atoms with van der Waals surface area (Å²) in [6.07, 6.45) is 3.46. The van der Waals surface area contributed by atoms with Crippen molar-refractivity contribution in [1.29, 1.82) is 0 Å². The van der Waals surface area contributed by atoms with E-state index in [0.29, 0.717) is 111 Å². The molecule has 13 nitrogen and oxygen atoms in total. The number of rotatable bonds is 33. The third-order valence-electron chi connectivity index (χ3n) is 5.76. The number of ketones is 1. The highest BCUT2D eigenvalue weighted by molar-refractivity contribution is 6.40. The molecule has 0 heterocycles. The molecule has 0 saturated heterocycles. The molecule has 0 aliphatic rings. The van der Waals surface area contributed by atoms with Crippen LogP contribution in [0.1, 0.15) is 43.0 Å². The first-order valence-electron chi connectivity index (χ1n) is 15.7. The zero-order valence-corrected chi connectivity index (χ0v) is 26.8. The molecule has 0 radical (unpaired) electrons. The largest absolute Gasteiger partial charge is 0.463 e. The number of carbonyl (C=O) groups excluding carboxylic acids is 3. The Morgan fingerprint density at radius 2 is 0.822 bits per heavy atom. The van der Waals surface area contributed by atoms with Crippen molar-refractivity contribution in [3.05, 3.63) is 35.9 Å². The Kier molecular flexibility index (Phi) is 28.4. The van der Waals surface area contributed by atoms with Gasteiger partial charge in [0.05, 0.1) is 106 Å². The van der Waals surface area contributed by atoms with Gasteiger partial charge in [-0.2, -0.15) is 0 Å². The number of esters is 2. The molecule has 45 heavy (non-hydrogen) atoms. The third kappa shape index (κ3) is 26.4. The molecule has 0 aliphatic heterocycles. The van der Waals surface area contributed by atoms with Crippen molar-refractivity contribution in [3.63, 3.8) is 0 Å². The summed E-state index contributed by atoms with van der Waals surface area (Å²) in [4.78, 5) is 35.0. The van der Waals surface area contributed by atoms with E-state index in [4.69, 9.17) is 47.4 Å². The lowest BCUT2D eigenvalue weighted by molar-refractivity contribution is -0.145. The van der Waals surface area contributed by atoms with Gasteiger partial charge in [-0.25, -0.2) is 4.79 Å². The normalized spacial score (nSPS) is 11.0. The molecule has 0 amide bonds. The Labute approximate surface area is 267 Å². The van der Waals surface area contributed by atoms with Crippen LogP contribution in [0.4, 0.5) is 0 Å². The van der Waals surface area contributed by atoms with Crippen molar-refractivity contribution < 1.29 is 61.8 Å². The number of unbranched alkanes of at least 4 members (excludes halogenated alkanes) is 2. The molecule has 0 atom stereocenters. The van der Waals surface area contributed by atoms with Gasteiger partial charge >= 0.3 is 11.9 Å². The highest BCUT2D eigenvalue weighted by Gasteiger charge is 2.17. The van der Waals surface area contributed by atoms with Crippen LogP contribution in [0.5, 0.6) is 0 Å². The molecule has 1 aromatic rings. The number of carbonyl (C=O) groups is 3. The van der Waals surface area contributed by atoms with Crippen molar-refractivity contribution in [2.75, 3.05) is 119 Å². The third-order valence-corrected chi connectivity index (χ3v) is 5.76. The Bertz CT molecular complexity index is 838. The van der Waals surface area contributed by atoms with E-state index in [0.717, 1.165) is 19.3 Å². The summed E-state index contributed by atoms with van der Waals surface area (Å²) in [5.41, 5.74) is 0.294. The smallest absolute Gasteiger partial charge is 0.379 e. The van der Waals surface area contributed by atoms with Crippen molar-refractivity contribution in [2.24, 2.45) is 0 Å². The summed E-state index contributed by atoms with van der Waals surface area (Å²) in [5, 5.41) is 0. The molecule has 1 aromatic carbocycles. The Hall–Kier alpha value is -2.49. The van der Waals surface area contributed by atoms with Gasteiger partial charge in [0.1, 0.15) is 13.2 Å². The Morgan fingerprint density at radius 1 is 0.467 bits per heavy atom. The number of ether oxygens (including phenoxy) is 10. The zero-order chi connectivity index (χ0) is 32.5. The molecule has 0 fully saturated rings. The van der Waals surface area contributed by atoms with Crippen LogP contribution in [0.25, 0.3) is 0 Å². The van der Waals surface area contributed by atoms with Gasteiger partial charge in [-0.05, 0) is 6.42 Å². The second-order valence-electron chi connectivity index (χ2n) is 9.41. The topological polar surface area (TPSA) is 144 Å². The SMILES string of the molecule is CCCCCC(=O)OCCOCCOCCOCCOCCOCCOCCOCCOCCOC(=O)C(=O)c1ccccc1. The van der Waals surface area contributed by atoms with E-state index in [1.807, 2.05) is 0 Å². The highest BCUT2D eigenvalue weighted by Crippen LogP contribution is 2.02. The quantitative estimate of drug-likeness (QED) is 0.0479. The molecule has 0 aromatic heterocycles. The summed E-state index contributed by atoms with van der Waals surface area (Å²) in [6.45, 7) is 9.10. The van der Waals surface area contributed by atoms with E-state index in [-0.39, 0.29) is 25.8 Å². The van der Waals surface area contributed by atoms with Crippen LogP contribution in [0.2, 0.25) is 0 Å². The van der Waals surface area contributed by atoms with Gasteiger partial charge in [0.15, 0.2) is 0 Å². The number of Topliss-reactive ketones (excluding diaryl/α,β-unsaturated/α-hetero) is 1. The van der Waals surface area contributed by atoms with Crippen molar-refractivity contribution in [2.45, 2.75) is 32.6 Å². The van der Waals surface area contributed by atoms with Gasteiger partial charge in [0, 0.05) is 12.0 Å². The van der Waals surface area contributed by atoms with Crippen molar-refractivity contribution >= 4 is 17.7 Å². The average Bonchev–Trinajstić information content (AvgIpc) is 3.06. The highest BCUT2D eigenvalue weighted by atomic mass is 16.6. The van der Waals surface area contributed by atoms with Gasteiger partial charge in [-0.3, -0.25) is 9.59 Å². The monoisotopic (exact) mass is 644 g/mol. The molecule has 0 unspecified atom stereocenters. The maximum atomic E-state index is 11.9. The van der Waals surface area contributed by atoms with E-state index in [1.165, 1.54) is 0 Å². The summed E-state index contributed by atoms with van der Waals surface area (Å²) in [5.74, 6) is -1.74. The minimum atomic E-state index is -0.899. The predicted octanol–water partition coefficient (Wildman–Crippen LogP) is 2.67. The molecular weight excluding hydrogens is 592 g/mol. The first kappa shape index (κ1) is 40.5. The average molecular weight is 645 g/mol. The number of hydrogen-bond donors (Lipinski definition) is 0. The van der Waals surface area contributed by atoms with Crippen LogP contribution in [-0.2, 0) is 57.0 Å². The zero-order valence-electron chi connectivity index (χ0n) is 26.8. The lowest BCUT2D eigenvalue weighted by Gasteiger charge is -2.09. The Morgan fingerprint density at radius 3 is 1.20 bits per heavy atom. The van der Waals surface area contributed by atoms with Gasteiger partial charge in [-0.1, -0.05) is 50.1 Å². The van der Waals surface area contributed by atoms with Gasteiger partial charge in [0.2, 0.25) is 0 Å². The summed E-state index contributed by atoms with van der Waals surface area (Å²) in [7, 11) is 0. The first-order valence-corrected chi connectivity index (χ1v) is 15.7. The molecule has 0 spiro atoms. The second kappa shape index (κ2) is 31.5. The maximum Gasteiger partial charge on any atom is 0.379 e. The minimum Gasteiger partial charge on any atom is -0.463 e. The van der Waals surface area contributed by atoms with E-state index in [9.17, 15) is 14.4 Å². The summed E-state index contributed by atoms with van der Waals surface area (Å²) < 4.78 is 53.3. The lowest BCUT2D eigenvalue weighted by atomic mass is 10.1. The van der Waals surface area contributed by atoms with Crippen molar-refractivity contribution in [1.82, 2.24) is 0 Å². The fourth-order valence-electron chi connectivity index (χ4n) is 3.41. The van der Waals surface area contributed by atoms with E-state index >= 15 is 0 Å². The molecule has 0 aliphatic carbocycles. The van der Waals surface area contributed by atoms with Gasteiger partial charge < -0.3 is 47.4 Å². The molecular formula is C32H52O13. The maximum absolute atomic E-state index is 11.9. The van der Waals surface area contributed by atoms with Crippen molar-refractivity contribution in [3.8, 4) is 0 Å². The van der Waals surface area contributed by atoms with Crippen LogP contribution < -0.4 is 0 Å². The standard InChI is InChI=1S/C32H52O13/c1-2-3-5-10-30(33)44-27-25-42-23-21-40-19-17-38-15-13-36-11-12-37-14-16-39-18-20-41-22-24-43-26-28-45-32(35)31(34)29-8-6-4-7-9-29/h4,6-9H,2-3,5,10-28H2,1H3. The van der Waals surface area contributed by atoms with Crippen LogP contribution in [0, 0.1) is 0 Å². The summed E-state index contributed by atoms with van der Waals surface area (Å²) in [6, 6.07) is 8.25. The van der Waals surface area contributed by atoms with E-state index in [2.05, 4.69) is 6.92 Å². The lowest BCUT2D eigenvalue weighted by Crippen LogP contribution is -2.20. The number of hydrogen-bond acceptors (Lipinski definition) is 13. The molecule has 258 valence electrons. The fourth-order valence-corrected chi connectivity index (χ4v) is 3.41. The van der Waals surface area contributed by atoms with Crippen LogP contribution in [0.15, 0.2) is 30.3 Å². The molecule has 0 N–H and O–H groups in total. The number of benzene rings is 1.